The molecule has 0 bridgehead atoms. The molecule has 5 atom stereocenters. The van der Waals surface area contributed by atoms with Crippen LogP contribution in [0, 0.1) is 22.7 Å². The number of aliphatic hydroxyl groups excluding tert-OH is 2. The van der Waals surface area contributed by atoms with Gasteiger partial charge < -0.3 is 15.9 Å². The van der Waals surface area contributed by atoms with E-state index in [0.29, 0.717) is 24.3 Å². The fourth-order valence-corrected chi connectivity index (χ4v) is 6.24. The van der Waals surface area contributed by atoms with Gasteiger partial charge in [0.15, 0.2) is 0 Å². The highest BCUT2D eigenvalue weighted by Gasteiger charge is 2.55. The van der Waals surface area contributed by atoms with Crippen molar-refractivity contribution in [3.63, 3.8) is 0 Å². The van der Waals surface area contributed by atoms with Crippen molar-refractivity contribution in [1.82, 2.24) is 0 Å². The molecule has 1 unspecified atom stereocenters. The van der Waals surface area contributed by atoms with Gasteiger partial charge in [0.2, 0.25) is 0 Å². The van der Waals surface area contributed by atoms with Crippen molar-refractivity contribution in [3.05, 3.63) is 22.7 Å². The van der Waals surface area contributed by atoms with Gasteiger partial charge in [0.1, 0.15) is 11.5 Å². The van der Waals surface area contributed by atoms with Crippen LogP contribution in [0.1, 0.15) is 65.2 Å². The lowest BCUT2D eigenvalue weighted by atomic mass is 9.52. The predicted octanol–water partition coefficient (Wildman–Crippen LogP) is 4.36. The minimum atomic E-state index is -0.316. The Morgan fingerprint density at radius 1 is 1.00 bits per heavy atom. The first-order chi connectivity index (χ1) is 10.4. The lowest BCUT2D eigenvalue weighted by Gasteiger charge is -2.53. The molecule has 4 aliphatic rings. The van der Waals surface area contributed by atoms with Crippen molar-refractivity contribution in [2.75, 3.05) is 0 Å². The maximum absolute atomic E-state index is 10.7. The lowest BCUT2D eigenvalue weighted by molar-refractivity contribution is 0.0870. The molecule has 0 saturated heterocycles. The SMILES string of the molecule is C[C@]12C(O)=C(O)CCC1CCC1=C2CC[C@]2(C)[C@@H](N)CC[C@@H]12. The summed E-state index contributed by atoms with van der Waals surface area (Å²) in [5.74, 6) is 1.58. The second-order valence-corrected chi connectivity index (χ2v) is 8.52. The molecule has 0 radical (unpaired) electrons. The van der Waals surface area contributed by atoms with Crippen LogP contribution in [0.3, 0.4) is 0 Å². The Kier molecular flexibility index (Phi) is 3.01. The minimum Gasteiger partial charge on any atom is -0.509 e. The Hall–Kier alpha value is -0.960. The highest BCUT2D eigenvalue weighted by molar-refractivity contribution is 5.40. The Morgan fingerprint density at radius 3 is 2.50 bits per heavy atom. The third kappa shape index (κ3) is 1.61. The number of nitrogens with two attached hydrogens (primary N) is 1. The van der Waals surface area contributed by atoms with Crippen molar-refractivity contribution in [2.24, 2.45) is 28.4 Å². The molecule has 0 aromatic rings. The summed E-state index contributed by atoms with van der Waals surface area (Å²) in [4.78, 5) is 0. The molecule has 0 aliphatic heterocycles. The van der Waals surface area contributed by atoms with Gasteiger partial charge in [-0.25, -0.2) is 0 Å². The van der Waals surface area contributed by atoms with E-state index in [2.05, 4.69) is 13.8 Å². The summed E-state index contributed by atoms with van der Waals surface area (Å²) < 4.78 is 0. The summed E-state index contributed by atoms with van der Waals surface area (Å²) in [5, 5.41) is 20.8. The van der Waals surface area contributed by atoms with Crippen molar-refractivity contribution in [1.29, 1.82) is 0 Å². The highest BCUT2D eigenvalue weighted by atomic mass is 16.3. The molecule has 1 fully saturated rings. The molecule has 3 nitrogen and oxygen atoms in total. The van der Waals surface area contributed by atoms with Crippen LogP contribution in [0.15, 0.2) is 22.7 Å². The summed E-state index contributed by atoms with van der Waals surface area (Å²) in [6.45, 7) is 4.55. The van der Waals surface area contributed by atoms with Crippen molar-refractivity contribution < 1.29 is 10.2 Å². The van der Waals surface area contributed by atoms with Crippen LogP contribution in [-0.4, -0.2) is 16.3 Å². The molecule has 0 heterocycles. The van der Waals surface area contributed by atoms with Gasteiger partial charge in [0.05, 0.1) is 5.41 Å². The molecule has 0 aromatic carbocycles. The average molecular weight is 303 g/mol. The van der Waals surface area contributed by atoms with Crippen LogP contribution >= 0.6 is 0 Å². The van der Waals surface area contributed by atoms with E-state index in [1.165, 1.54) is 18.4 Å². The van der Waals surface area contributed by atoms with Crippen LogP contribution in [0.4, 0.5) is 0 Å². The first kappa shape index (κ1) is 14.6. The standard InChI is InChI=1S/C19H29NO2/c1-18-10-9-14-12(13(18)6-8-16(18)20)5-3-11-4-7-15(21)17(22)19(11,14)2/h11,13,16,21-22H,3-10,20H2,1-2H3/t11?,13-,16-,18-,19-/m0/s1. The van der Waals surface area contributed by atoms with Gasteiger partial charge in [-0.15, -0.1) is 0 Å². The van der Waals surface area contributed by atoms with Gasteiger partial charge in [0.25, 0.3) is 0 Å². The molecule has 122 valence electrons. The van der Waals surface area contributed by atoms with Crippen molar-refractivity contribution in [2.45, 2.75) is 71.3 Å². The van der Waals surface area contributed by atoms with E-state index in [9.17, 15) is 10.2 Å². The van der Waals surface area contributed by atoms with Crippen LogP contribution in [0.2, 0.25) is 0 Å². The summed E-state index contributed by atoms with van der Waals surface area (Å²) in [6, 6.07) is 0.320. The van der Waals surface area contributed by atoms with Crippen LogP contribution in [0.5, 0.6) is 0 Å². The third-order valence-electron chi connectivity index (χ3n) is 7.83. The van der Waals surface area contributed by atoms with E-state index in [1.54, 1.807) is 5.57 Å². The predicted molar refractivity (Wildman–Crippen MR) is 87.4 cm³/mol. The summed E-state index contributed by atoms with van der Waals surface area (Å²) in [5.41, 5.74) is 9.40. The maximum atomic E-state index is 10.7. The molecule has 22 heavy (non-hydrogen) atoms. The molecule has 4 N–H and O–H groups in total. The van der Waals surface area contributed by atoms with E-state index in [4.69, 9.17) is 5.73 Å². The molecule has 4 rings (SSSR count). The van der Waals surface area contributed by atoms with Crippen LogP contribution < -0.4 is 5.73 Å². The summed E-state index contributed by atoms with van der Waals surface area (Å²) >= 11 is 0. The van der Waals surface area contributed by atoms with E-state index in [-0.39, 0.29) is 22.3 Å². The molecule has 0 aromatic heterocycles. The molecule has 1 saturated carbocycles. The van der Waals surface area contributed by atoms with E-state index >= 15 is 0 Å². The second-order valence-electron chi connectivity index (χ2n) is 8.52. The fraction of sp³-hybridized carbons (Fsp3) is 0.789. The number of rotatable bonds is 0. The quantitative estimate of drug-likeness (QED) is 0.583. The topological polar surface area (TPSA) is 66.5 Å². The van der Waals surface area contributed by atoms with E-state index in [1.807, 2.05) is 0 Å². The third-order valence-corrected chi connectivity index (χ3v) is 7.83. The number of fused-ring (bicyclic) bond motifs is 4. The average Bonchev–Trinajstić information content (AvgIpc) is 2.80. The van der Waals surface area contributed by atoms with Crippen LogP contribution in [-0.2, 0) is 0 Å². The van der Waals surface area contributed by atoms with Crippen LogP contribution in [0.25, 0.3) is 0 Å². The molecule has 4 aliphatic carbocycles. The smallest absolute Gasteiger partial charge is 0.140 e. The van der Waals surface area contributed by atoms with E-state index < -0.39 is 0 Å². The van der Waals surface area contributed by atoms with Crippen molar-refractivity contribution >= 4 is 0 Å². The molecular weight excluding hydrogens is 274 g/mol. The number of hydrogen-bond acceptors (Lipinski definition) is 3. The van der Waals surface area contributed by atoms with Gasteiger partial charge in [-0.05, 0) is 69.1 Å². The summed E-state index contributed by atoms with van der Waals surface area (Å²) in [7, 11) is 0. The van der Waals surface area contributed by atoms with Gasteiger partial charge in [-0.3, -0.25) is 0 Å². The lowest BCUT2D eigenvalue weighted by Crippen LogP contribution is -2.46. The Morgan fingerprint density at radius 2 is 1.73 bits per heavy atom. The van der Waals surface area contributed by atoms with Crippen molar-refractivity contribution in [3.8, 4) is 0 Å². The number of allylic oxidation sites excluding steroid dienone is 3. The normalized spacial score (nSPS) is 48.0. The highest BCUT2D eigenvalue weighted by Crippen LogP contribution is 2.63. The fourth-order valence-electron chi connectivity index (χ4n) is 6.24. The second kappa shape index (κ2) is 4.53. The van der Waals surface area contributed by atoms with Gasteiger partial charge >= 0.3 is 0 Å². The number of aliphatic hydroxyl groups is 2. The Balaban J connectivity index is 1.84. The minimum absolute atomic E-state index is 0.226. The zero-order chi connectivity index (χ0) is 15.7. The molecular formula is C19H29NO2. The number of hydrogen-bond donors (Lipinski definition) is 3. The zero-order valence-electron chi connectivity index (χ0n) is 13.9. The largest absolute Gasteiger partial charge is 0.509 e. The zero-order valence-corrected chi connectivity index (χ0v) is 13.9. The van der Waals surface area contributed by atoms with Gasteiger partial charge in [-0.2, -0.15) is 0 Å². The first-order valence-electron chi connectivity index (χ1n) is 8.98. The van der Waals surface area contributed by atoms with E-state index in [0.717, 1.165) is 32.1 Å². The molecule has 0 spiro atoms. The summed E-state index contributed by atoms with van der Waals surface area (Å²) in [6.07, 6.45) is 8.48. The maximum Gasteiger partial charge on any atom is 0.140 e. The molecule has 0 amide bonds. The monoisotopic (exact) mass is 303 g/mol. The molecule has 3 heteroatoms. The first-order valence-corrected chi connectivity index (χ1v) is 8.98. The van der Waals surface area contributed by atoms with Gasteiger partial charge in [-0.1, -0.05) is 18.1 Å². The Labute approximate surface area is 133 Å². The Bertz CT molecular complexity index is 578. The van der Waals surface area contributed by atoms with Gasteiger partial charge in [0, 0.05) is 12.5 Å².